The molecular weight excluding hydrogens is 388 g/mol. The molecule has 0 aliphatic rings. The van der Waals surface area contributed by atoms with Crippen molar-refractivity contribution in [2.24, 2.45) is 0 Å². The Balaban J connectivity index is 2.13. The highest BCUT2D eigenvalue weighted by Gasteiger charge is 2.22. The van der Waals surface area contributed by atoms with Crippen molar-refractivity contribution in [2.45, 2.75) is 31.2 Å². The van der Waals surface area contributed by atoms with E-state index in [1.807, 2.05) is 38.1 Å². The maximum Gasteiger partial charge on any atom is 0.321 e. The quantitative estimate of drug-likeness (QED) is 0.510. The van der Waals surface area contributed by atoms with E-state index in [1.54, 1.807) is 25.1 Å². The third kappa shape index (κ3) is 4.32. The SMILES string of the molecule is CNC(=O)NC(=O)[C@@H](C)Sc1nc2ccccc2c(=O)n1-c1ccc(C)cc1C. The molecule has 0 unspecified atom stereocenters. The minimum Gasteiger partial charge on any atom is -0.341 e. The molecule has 2 aromatic carbocycles. The van der Waals surface area contributed by atoms with E-state index < -0.39 is 17.2 Å². The first kappa shape index (κ1) is 20.6. The summed E-state index contributed by atoms with van der Waals surface area (Å²) < 4.78 is 1.53. The van der Waals surface area contributed by atoms with Crippen LogP contribution >= 0.6 is 11.8 Å². The Morgan fingerprint density at radius 3 is 2.55 bits per heavy atom. The molecule has 0 saturated carbocycles. The number of aromatic nitrogens is 2. The Morgan fingerprint density at radius 1 is 1.14 bits per heavy atom. The standard InChI is InChI=1S/C21H22N4O3S/c1-12-9-10-17(13(2)11-12)25-19(27)15-7-5-6-8-16(15)23-21(25)29-14(3)18(26)24-20(28)22-4/h5-11,14H,1-4H3,(H2,22,24,26,28)/t14-/m1/s1. The van der Waals surface area contributed by atoms with Gasteiger partial charge < -0.3 is 5.32 Å². The van der Waals surface area contributed by atoms with Gasteiger partial charge in [-0.05, 0) is 44.5 Å². The number of benzene rings is 2. The lowest BCUT2D eigenvalue weighted by Gasteiger charge is -2.17. The van der Waals surface area contributed by atoms with Crippen LogP contribution in [0.2, 0.25) is 0 Å². The molecular formula is C21H22N4O3S. The van der Waals surface area contributed by atoms with Crippen LogP contribution in [0, 0.1) is 13.8 Å². The van der Waals surface area contributed by atoms with Crippen molar-refractivity contribution in [1.82, 2.24) is 20.2 Å². The van der Waals surface area contributed by atoms with Crippen LogP contribution in [0.3, 0.4) is 0 Å². The van der Waals surface area contributed by atoms with E-state index in [-0.39, 0.29) is 5.56 Å². The van der Waals surface area contributed by atoms with Gasteiger partial charge in [-0.3, -0.25) is 19.5 Å². The van der Waals surface area contributed by atoms with Gasteiger partial charge in [0.2, 0.25) is 5.91 Å². The molecule has 0 aliphatic heterocycles. The summed E-state index contributed by atoms with van der Waals surface area (Å²) in [6.07, 6.45) is 0. The van der Waals surface area contributed by atoms with E-state index in [9.17, 15) is 14.4 Å². The first-order valence-corrected chi connectivity index (χ1v) is 9.98. The van der Waals surface area contributed by atoms with E-state index in [2.05, 4.69) is 15.6 Å². The predicted molar refractivity (Wildman–Crippen MR) is 115 cm³/mol. The average Bonchev–Trinajstić information content (AvgIpc) is 2.69. The van der Waals surface area contributed by atoms with Crippen molar-refractivity contribution in [3.05, 3.63) is 63.9 Å². The van der Waals surface area contributed by atoms with E-state index >= 15 is 0 Å². The summed E-state index contributed by atoms with van der Waals surface area (Å²) in [6.45, 7) is 5.58. The summed E-state index contributed by atoms with van der Waals surface area (Å²) in [5.74, 6) is -0.469. The molecule has 2 N–H and O–H groups in total. The molecule has 0 spiro atoms. The van der Waals surface area contributed by atoms with E-state index in [0.717, 1.165) is 22.9 Å². The maximum atomic E-state index is 13.3. The number of rotatable bonds is 4. The van der Waals surface area contributed by atoms with Crippen molar-refractivity contribution in [2.75, 3.05) is 7.05 Å². The predicted octanol–water partition coefficient (Wildman–Crippen LogP) is 2.94. The van der Waals surface area contributed by atoms with Crippen molar-refractivity contribution in [1.29, 1.82) is 0 Å². The molecule has 1 atom stereocenters. The topological polar surface area (TPSA) is 93.1 Å². The Bertz CT molecular complexity index is 1160. The lowest BCUT2D eigenvalue weighted by molar-refractivity contribution is -0.119. The molecule has 0 radical (unpaired) electrons. The van der Waals surface area contributed by atoms with Crippen LogP contribution in [0.25, 0.3) is 16.6 Å². The van der Waals surface area contributed by atoms with Gasteiger partial charge in [0.25, 0.3) is 5.56 Å². The zero-order valence-electron chi connectivity index (χ0n) is 16.6. The number of thioether (sulfide) groups is 1. The molecule has 7 nitrogen and oxygen atoms in total. The number of fused-ring (bicyclic) bond motifs is 1. The van der Waals surface area contributed by atoms with Gasteiger partial charge in [0.05, 0.1) is 21.8 Å². The van der Waals surface area contributed by atoms with Crippen molar-refractivity contribution in [3.8, 4) is 5.69 Å². The number of amides is 3. The molecule has 0 fully saturated rings. The second-order valence-corrected chi connectivity index (χ2v) is 7.98. The van der Waals surface area contributed by atoms with Gasteiger partial charge in [0.15, 0.2) is 5.16 Å². The molecule has 3 amide bonds. The average molecular weight is 410 g/mol. The molecule has 1 aromatic heterocycles. The Hall–Kier alpha value is -3.13. The summed E-state index contributed by atoms with van der Waals surface area (Å²) in [7, 11) is 1.43. The number of hydrogen-bond acceptors (Lipinski definition) is 5. The van der Waals surface area contributed by atoms with Gasteiger partial charge in [0, 0.05) is 7.05 Å². The van der Waals surface area contributed by atoms with E-state index in [0.29, 0.717) is 21.7 Å². The Labute approximate surface area is 172 Å². The zero-order chi connectivity index (χ0) is 21.1. The molecule has 29 heavy (non-hydrogen) atoms. The number of nitrogens with one attached hydrogen (secondary N) is 2. The number of para-hydroxylation sites is 1. The van der Waals surface area contributed by atoms with E-state index in [4.69, 9.17) is 0 Å². The second-order valence-electron chi connectivity index (χ2n) is 6.67. The first-order chi connectivity index (χ1) is 13.8. The Morgan fingerprint density at radius 2 is 1.86 bits per heavy atom. The summed E-state index contributed by atoms with van der Waals surface area (Å²) in [6, 6.07) is 12.3. The van der Waals surface area contributed by atoms with Gasteiger partial charge in [0.1, 0.15) is 0 Å². The Kier molecular flexibility index (Phi) is 6.03. The summed E-state index contributed by atoms with van der Waals surface area (Å²) in [5, 5.41) is 4.85. The van der Waals surface area contributed by atoms with Gasteiger partial charge in [-0.1, -0.05) is 41.6 Å². The zero-order valence-corrected chi connectivity index (χ0v) is 17.5. The van der Waals surface area contributed by atoms with Gasteiger partial charge in [-0.25, -0.2) is 9.78 Å². The molecule has 8 heteroatoms. The third-order valence-electron chi connectivity index (χ3n) is 4.45. The van der Waals surface area contributed by atoms with Crippen molar-refractivity contribution in [3.63, 3.8) is 0 Å². The number of urea groups is 1. The third-order valence-corrected chi connectivity index (χ3v) is 5.51. The minimum absolute atomic E-state index is 0.205. The molecule has 0 aliphatic carbocycles. The lowest BCUT2D eigenvalue weighted by Crippen LogP contribution is -2.41. The molecule has 3 aromatic rings. The minimum atomic E-state index is -0.641. The van der Waals surface area contributed by atoms with Crippen LogP contribution < -0.4 is 16.2 Å². The van der Waals surface area contributed by atoms with Crippen LogP contribution in [-0.4, -0.2) is 33.8 Å². The molecule has 3 rings (SSSR count). The number of hydrogen-bond donors (Lipinski definition) is 2. The van der Waals surface area contributed by atoms with Crippen LogP contribution in [0.15, 0.2) is 52.4 Å². The maximum absolute atomic E-state index is 13.3. The largest absolute Gasteiger partial charge is 0.341 e. The first-order valence-electron chi connectivity index (χ1n) is 9.10. The number of nitrogens with zero attached hydrogens (tertiary/aromatic N) is 2. The van der Waals surface area contributed by atoms with Gasteiger partial charge in [-0.15, -0.1) is 0 Å². The highest BCUT2D eigenvalue weighted by molar-refractivity contribution is 8.00. The smallest absolute Gasteiger partial charge is 0.321 e. The van der Waals surface area contributed by atoms with Gasteiger partial charge in [-0.2, -0.15) is 0 Å². The second kappa shape index (κ2) is 8.48. The van der Waals surface area contributed by atoms with E-state index in [1.165, 1.54) is 11.6 Å². The fraction of sp³-hybridized carbons (Fsp3) is 0.238. The van der Waals surface area contributed by atoms with Gasteiger partial charge >= 0.3 is 6.03 Å². The molecule has 0 bridgehead atoms. The molecule has 1 heterocycles. The fourth-order valence-corrected chi connectivity index (χ4v) is 3.87. The highest BCUT2D eigenvalue weighted by atomic mass is 32.2. The molecule has 0 saturated heterocycles. The number of carbonyl (C=O) groups excluding carboxylic acids is 2. The normalized spacial score (nSPS) is 11.9. The monoisotopic (exact) mass is 410 g/mol. The highest BCUT2D eigenvalue weighted by Crippen LogP contribution is 2.26. The lowest BCUT2D eigenvalue weighted by atomic mass is 10.1. The number of aryl methyl sites for hydroxylation is 2. The summed E-state index contributed by atoms with van der Waals surface area (Å²) >= 11 is 1.13. The van der Waals surface area contributed by atoms with Crippen LogP contribution in [0.5, 0.6) is 0 Å². The fourth-order valence-electron chi connectivity index (χ4n) is 2.95. The van der Waals surface area contributed by atoms with Crippen LogP contribution in [0.1, 0.15) is 18.1 Å². The molecule has 150 valence electrons. The van der Waals surface area contributed by atoms with Crippen molar-refractivity contribution < 1.29 is 9.59 Å². The summed E-state index contributed by atoms with van der Waals surface area (Å²) in [5.41, 5.74) is 3.07. The van der Waals surface area contributed by atoms with Crippen molar-refractivity contribution >= 4 is 34.6 Å². The van der Waals surface area contributed by atoms with Crippen LogP contribution in [-0.2, 0) is 4.79 Å². The number of carbonyl (C=O) groups is 2. The van der Waals surface area contributed by atoms with Crippen LogP contribution in [0.4, 0.5) is 4.79 Å². The summed E-state index contributed by atoms with van der Waals surface area (Å²) in [4.78, 5) is 41.7. The number of imide groups is 1.